The average Bonchev–Trinajstić information content (AvgIpc) is 2.74. The van der Waals surface area contributed by atoms with E-state index >= 15 is 0 Å². The van der Waals surface area contributed by atoms with Crippen molar-refractivity contribution in [2.75, 3.05) is 13.6 Å². The third-order valence-electron chi connectivity index (χ3n) is 5.10. The first-order valence-corrected chi connectivity index (χ1v) is 7.23. The molecule has 4 atom stereocenters. The van der Waals surface area contributed by atoms with Crippen LogP contribution in [0, 0.1) is 5.92 Å². The number of nitrogens with one attached hydrogen (secondary N) is 1. The lowest BCUT2D eigenvalue weighted by Crippen LogP contribution is -2.54. The molecule has 4 nitrogen and oxygen atoms in total. The van der Waals surface area contributed by atoms with Crippen LogP contribution < -0.4 is 11.1 Å². The molecule has 2 rings (SSSR count). The number of hydrogen-bond donors (Lipinski definition) is 2. The summed E-state index contributed by atoms with van der Waals surface area (Å²) in [6, 6.07) is 1.16. The molecule has 1 heterocycles. The number of nitrogens with zero attached hydrogens (tertiary/aromatic N) is 1. The lowest BCUT2D eigenvalue weighted by atomic mass is 9.91. The van der Waals surface area contributed by atoms with Crippen molar-refractivity contribution in [3.8, 4) is 0 Å². The molecule has 0 aromatic carbocycles. The fraction of sp³-hybridized carbons (Fsp3) is 0.929. The number of amides is 1. The van der Waals surface area contributed by atoms with Crippen molar-refractivity contribution >= 4 is 5.91 Å². The van der Waals surface area contributed by atoms with Crippen molar-refractivity contribution in [1.82, 2.24) is 10.2 Å². The minimum Gasteiger partial charge on any atom is -0.368 e. The van der Waals surface area contributed by atoms with E-state index in [9.17, 15) is 4.79 Å². The molecule has 2 fully saturated rings. The average molecular weight is 253 g/mol. The molecule has 1 saturated carbocycles. The fourth-order valence-electron chi connectivity index (χ4n) is 3.84. The number of hydrogen-bond acceptors (Lipinski definition) is 3. The highest BCUT2D eigenvalue weighted by atomic mass is 16.1. The Kier molecular flexibility index (Phi) is 3.97. The van der Waals surface area contributed by atoms with Crippen molar-refractivity contribution in [1.29, 1.82) is 0 Å². The van der Waals surface area contributed by atoms with Gasteiger partial charge in [-0.2, -0.15) is 0 Å². The number of primary amides is 1. The molecule has 1 saturated heterocycles. The predicted octanol–water partition coefficient (Wildman–Crippen LogP) is 1.10. The number of piperidine rings is 1. The molecule has 0 bridgehead atoms. The minimum absolute atomic E-state index is 0.189. The van der Waals surface area contributed by atoms with Crippen LogP contribution in [0.4, 0.5) is 0 Å². The Morgan fingerprint density at radius 1 is 1.39 bits per heavy atom. The van der Waals surface area contributed by atoms with Gasteiger partial charge in [0.2, 0.25) is 5.91 Å². The van der Waals surface area contributed by atoms with Crippen molar-refractivity contribution in [2.45, 2.75) is 63.6 Å². The molecule has 4 unspecified atom stereocenters. The lowest BCUT2D eigenvalue weighted by Gasteiger charge is -2.41. The Bertz CT molecular complexity index is 320. The van der Waals surface area contributed by atoms with Gasteiger partial charge in [-0.1, -0.05) is 6.92 Å². The SMILES string of the molecule is CNC1(C(N)=O)CCC(N2CCC(C)CC2C)C1. The second-order valence-corrected chi connectivity index (χ2v) is 6.31. The summed E-state index contributed by atoms with van der Waals surface area (Å²) in [6.07, 6.45) is 5.39. The molecular formula is C14H27N3O. The molecule has 1 amide bonds. The summed E-state index contributed by atoms with van der Waals surface area (Å²) in [5, 5.41) is 3.17. The molecule has 1 aliphatic heterocycles. The van der Waals surface area contributed by atoms with E-state index in [1.165, 1.54) is 19.4 Å². The summed E-state index contributed by atoms with van der Waals surface area (Å²) in [6.45, 7) is 5.83. The summed E-state index contributed by atoms with van der Waals surface area (Å²) in [4.78, 5) is 14.3. The summed E-state index contributed by atoms with van der Waals surface area (Å²) in [5.74, 6) is 0.647. The van der Waals surface area contributed by atoms with E-state index in [1.807, 2.05) is 7.05 Å². The molecule has 2 aliphatic rings. The van der Waals surface area contributed by atoms with Crippen LogP contribution in [0.2, 0.25) is 0 Å². The second kappa shape index (κ2) is 5.17. The topological polar surface area (TPSA) is 58.4 Å². The standard InChI is InChI=1S/C14H27N3O/c1-10-5-7-17(11(2)8-10)12-4-6-14(9-12,16-3)13(15)18/h10-12,16H,4-9H2,1-3H3,(H2,15,18). The van der Waals surface area contributed by atoms with Crippen LogP contribution in [0.1, 0.15) is 46.0 Å². The summed E-state index contributed by atoms with van der Waals surface area (Å²) < 4.78 is 0. The molecule has 4 heteroatoms. The molecule has 0 aromatic heterocycles. The molecule has 3 N–H and O–H groups in total. The highest BCUT2D eigenvalue weighted by molar-refractivity contribution is 5.85. The van der Waals surface area contributed by atoms with Crippen LogP contribution in [0.15, 0.2) is 0 Å². The number of likely N-dealkylation sites (tertiary alicyclic amines) is 1. The van der Waals surface area contributed by atoms with E-state index in [0.29, 0.717) is 12.1 Å². The molecule has 0 spiro atoms. The first-order valence-electron chi connectivity index (χ1n) is 7.23. The maximum atomic E-state index is 11.7. The smallest absolute Gasteiger partial charge is 0.237 e. The Labute approximate surface area is 110 Å². The Hall–Kier alpha value is -0.610. The van der Waals surface area contributed by atoms with Gasteiger partial charge in [0.05, 0.1) is 5.54 Å². The van der Waals surface area contributed by atoms with E-state index in [4.69, 9.17) is 5.73 Å². The Morgan fingerprint density at radius 2 is 2.11 bits per heavy atom. The molecule has 1 aliphatic carbocycles. The zero-order chi connectivity index (χ0) is 13.3. The summed E-state index contributed by atoms with van der Waals surface area (Å²) in [7, 11) is 1.86. The van der Waals surface area contributed by atoms with Crippen LogP contribution in [-0.4, -0.2) is 42.0 Å². The van der Waals surface area contributed by atoms with Gasteiger partial charge >= 0.3 is 0 Å². The summed E-state index contributed by atoms with van der Waals surface area (Å²) in [5.41, 5.74) is 5.11. The highest BCUT2D eigenvalue weighted by Crippen LogP contribution is 2.36. The van der Waals surface area contributed by atoms with Crippen molar-refractivity contribution < 1.29 is 4.79 Å². The van der Waals surface area contributed by atoms with Crippen LogP contribution in [0.3, 0.4) is 0 Å². The van der Waals surface area contributed by atoms with E-state index < -0.39 is 5.54 Å². The van der Waals surface area contributed by atoms with Gasteiger partial charge in [-0.3, -0.25) is 9.69 Å². The van der Waals surface area contributed by atoms with Gasteiger partial charge in [-0.05, 0) is 58.5 Å². The Balaban J connectivity index is 2.02. The van der Waals surface area contributed by atoms with Gasteiger partial charge in [0.1, 0.15) is 0 Å². The maximum absolute atomic E-state index is 11.7. The normalized spacial score (nSPS) is 42.1. The molecule has 0 radical (unpaired) electrons. The minimum atomic E-state index is -0.465. The highest BCUT2D eigenvalue weighted by Gasteiger charge is 2.45. The van der Waals surface area contributed by atoms with E-state index in [-0.39, 0.29) is 5.91 Å². The third-order valence-corrected chi connectivity index (χ3v) is 5.10. The largest absolute Gasteiger partial charge is 0.368 e. The van der Waals surface area contributed by atoms with Crippen molar-refractivity contribution in [3.05, 3.63) is 0 Å². The van der Waals surface area contributed by atoms with Crippen LogP contribution in [0.5, 0.6) is 0 Å². The van der Waals surface area contributed by atoms with Gasteiger partial charge in [0.25, 0.3) is 0 Å². The van der Waals surface area contributed by atoms with E-state index in [1.54, 1.807) is 0 Å². The molecule has 0 aromatic rings. The number of carbonyl (C=O) groups is 1. The van der Waals surface area contributed by atoms with Crippen molar-refractivity contribution in [2.24, 2.45) is 11.7 Å². The zero-order valence-corrected chi connectivity index (χ0v) is 11.9. The number of nitrogens with two attached hydrogens (primary N) is 1. The third kappa shape index (κ3) is 2.41. The maximum Gasteiger partial charge on any atom is 0.237 e. The van der Waals surface area contributed by atoms with Crippen LogP contribution in [-0.2, 0) is 4.79 Å². The molecule has 104 valence electrons. The number of rotatable bonds is 3. The van der Waals surface area contributed by atoms with Crippen LogP contribution >= 0.6 is 0 Å². The molecule has 18 heavy (non-hydrogen) atoms. The quantitative estimate of drug-likeness (QED) is 0.792. The van der Waals surface area contributed by atoms with E-state index in [2.05, 4.69) is 24.1 Å². The Morgan fingerprint density at radius 3 is 2.61 bits per heavy atom. The van der Waals surface area contributed by atoms with Gasteiger partial charge in [-0.15, -0.1) is 0 Å². The fourth-order valence-corrected chi connectivity index (χ4v) is 3.84. The number of carbonyl (C=O) groups excluding carboxylic acids is 1. The van der Waals surface area contributed by atoms with Crippen molar-refractivity contribution in [3.63, 3.8) is 0 Å². The zero-order valence-electron chi connectivity index (χ0n) is 11.9. The predicted molar refractivity (Wildman–Crippen MR) is 73.2 cm³/mol. The monoisotopic (exact) mass is 253 g/mol. The van der Waals surface area contributed by atoms with Gasteiger partial charge in [0.15, 0.2) is 0 Å². The molecular weight excluding hydrogens is 226 g/mol. The second-order valence-electron chi connectivity index (χ2n) is 6.31. The van der Waals surface area contributed by atoms with E-state index in [0.717, 1.165) is 25.2 Å². The van der Waals surface area contributed by atoms with Gasteiger partial charge in [0, 0.05) is 12.1 Å². The summed E-state index contributed by atoms with van der Waals surface area (Å²) >= 11 is 0. The lowest BCUT2D eigenvalue weighted by molar-refractivity contribution is -0.124. The number of likely N-dealkylation sites (N-methyl/N-ethyl adjacent to an activating group) is 1. The first-order chi connectivity index (χ1) is 8.48. The van der Waals surface area contributed by atoms with Gasteiger partial charge < -0.3 is 11.1 Å². The van der Waals surface area contributed by atoms with Gasteiger partial charge in [-0.25, -0.2) is 0 Å². The first kappa shape index (κ1) is 13.8. The van der Waals surface area contributed by atoms with Crippen LogP contribution in [0.25, 0.3) is 0 Å².